The predicted molar refractivity (Wildman–Crippen MR) is 127 cm³/mol. The number of carboxylic acid groups (broad SMARTS) is 1. The predicted octanol–water partition coefficient (Wildman–Crippen LogP) is 4.58. The molecule has 1 saturated heterocycles. The van der Waals surface area contributed by atoms with Gasteiger partial charge in [-0.2, -0.15) is 0 Å². The molecule has 1 atom stereocenters. The van der Waals surface area contributed by atoms with Crippen molar-refractivity contribution >= 4 is 11.9 Å². The molecule has 33 heavy (non-hydrogen) atoms. The first-order valence-electron chi connectivity index (χ1n) is 11.8. The molecule has 2 heterocycles. The highest BCUT2D eigenvalue weighted by Crippen LogP contribution is 2.31. The van der Waals surface area contributed by atoms with E-state index in [1.54, 1.807) is 12.1 Å². The van der Waals surface area contributed by atoms with Crippen molar-refractivity contribution in [2.45, 2.75) is 46.0 Å². The number of nitrogens with zero attached hydrogens (tertiary/aromatic N) is 2. The summed E-state index contributed by atoms with van der Waals surface area (Å²) in [4.78, 5) is 29.5. The number of likely N-dealkylation sites (tertiary alicyclic amines) is 1. The van der Waals surface area contributed by atoms with Gasteiger partial charge in [-0.3, -0.25) is 9.69 Å². The average molecular weight is 455 g/mol. The molecule has 1 aliphatic heterocycles. The van der Waals surface area contributed by atoms with Crippen LogP contribution in [0.2, 0.25) is 0 Å². The van der Waals surface area contributed by atoms with Crippen LogP contribution in [0.5, 0.6) is 5.75 Å². The van der Waals surface area contributed by atoms with Crippen LogP contribution in [-0.2, 0) is 9.53 Å². The Morgan fingerprint density at radius 3 is 2.79 bits per heavy atom. The number of pyridine rings is 1. The molecule has 0 amide bonds. The van der Waals surface area contributed by atoms with Gasteiger partial charge >= 0.3 is 11.9 Å². The molecule has 0 radical (unpaired) electrons. The van der Waals surface area contributed by atoms with Crippen LogP contribution in [-0.4, -0.2) is 59.8 Å². The van der Waals surface area contributed by atoms with Crippen molar-refractivity contribution in [3.63, 3.8) is 0 Å². The summed E-state index contributed by atoms with van der Waals surface area (Å²) in [5.41, 5.74) is 2.37. The lowest BCUT2D eigenvalue weighted by atomic mass is 9.93. The molecule has 0 spiro atoms. The zero-order valence-corrected chi connectivity index (χ0v) is 19.6. The van der Waals surface area contributed by atoms with Crippen molar-refractivity contribution in [1.29, 1.82) is 0 Å². The lowest BCUT2D eigenvalue weighted by molar-refractivity contribution is -0.144. The topological polar surface area (TPSA) is 89.0 Å². The van der Waals surface area contributed by atoms with E-state index in [1.165, 1.54) is 12.6 Å². The average Bonchev–Trinajstić information content (AvgIpc) is 2.80. The number of unbranched alkanes of at least 4 members (excludes halogenated alkanes) is 1. The van der Waals surface area contributed by atoms with E-state index in [9.17, 15) is 14.7 Å². The SMILES string of the molecule is CCOC(=O)CN1CCC[C@H](CCCCOc2cccc(-c3cccnc3C(=O)O)c2C)C1. The molecule has 7 heteroatoms. The second kappa shape index (κ2) is 12.3. The second-order valence-corrected chi connectivity index (χ2v) is 8.53. The fourth-order valence-electron chi connectivity index (χ4n) is 4.49. The number of piperidine rings is 1. The van der Waals surface area contributed by atoms with E-state index in [-0.39, 0.29) is 11.7 Å². The zero-order valence-electron chi connectivity index (χ0n) is 19.6. The van der Waals surface area contributed by atoms with E-state index in [1.807, 2.05) is 32.0 Å². The highest BCUT2D eigenvalue weighted by molar-refractivity contribution is 5.94. The lowest BCUT2D eigenvalue weighted by Gasteiger charge is -2.32. The van der Waals surface area contributed by atoms with Crippen LogP contribution in [0.25, 0.3) is 11.1 Å². The number of ether oxygens (including phenoxy) is 2. The standard InChI is InChI=1S/C26H34N2O5/c1-3-32-24(29)18-28-15-8-10-20(17-28)9-4-5-16-33-23-13-6-11-21(19(23)2)22-12-7-14-27-25(22)26(30)31/h6-7,11-14,20H,3-5,8-10,15-18H2,1-2H3,(H,30,31)/t20-/m0/s1. The molecule has 1 aliphatic rings. The third kappa shape index (κ3) is 7.02. The maximum Gasteiger partial charge on any atom is 0.355 e. The number of benzene rings is 1. The maximum absolute atomic E-state index is 11.7. The largest absolute Gasteiger partial charge is 0.493 e. The van der Waals surface area contributed by atoms with Gasteiger partial charge in [0, 0.05) is 18.3 Å². The highest BCUT2D eigenvalue weighted by Gasteiger charge is 2.22. The van der Waals surface area contributed by atoms with Gasteiger partial charge in [-0.1, -0.05) is 18.2 Å². The van der Waals surface area contributed by atoms with Gasteiger partial charge in [0.2, 0.25) is 0 Å². The monoisotopic (exact) mass is 454 g/mol. The Kier molecular flexibility index (Phi) is 9.24. The van der Waals surface area contributed by atoms with Crippen LogP contribution < -0.4 is 4.74 Å². The van der Waals surface area contributed by atoms with E-state index in [0.717, 1.165) is 55.6 Å². The molecular weight excluding hydrogens is 420 g/mol. The quantitative estimate of drug-likeness (QED) is 0.393. The summed E-state index contributed by atoms with van der Waals surface area (Å²) in [6.07, 6.45) is 6.97. The molecule has 178 valence electrons. The second-order valence-electron chi connectivity index (χ2n) is 8.53. The molecule has 0 saturated carbocycles. The van der Waals surface area contributed by atoms with Crippen LogP contribution in [0.3, 0.4) is 0 Å². The Morgan fingerprint density at radius 1 is 1.18 bits per heavy atom. The minimum Gasteiger partial charge on any atom is -0.493 e. The Bertz CT molecular complexity index is 946. The fourth-order valence-corrected chi connectivity index (χ4v) is 4.49. The van der Waals surface area contributed by atoms with Crippen molar-refractivity contribution in [1.82, 2.24) is 9.88 Å². The Balaban J connectivity index is 1.48. The van der Waals surface area contributed by atoms with Gasteiger partial charge in [-0.05, 0) is 81.7 Å². The van der Waals surface area contributed by atoms with Crippen LogP contribution in [0.1, 0.15) is 55.1 Å². The smallest absolute Gasteiger partial charge is 0.355 e. The number of aromatic carboxylic acids is 1. The normalized spacial score (nSPS) is 16.4. The lowest BCUT2D eigenvalue weighted by Crippen LogP contribution is -2.39. The number of carbonyl (C=O) groups excluding carboxylic acids is 1. The third-order valence-corrected chi connectivity index (χ3v) is 6.11. The first kappa shape index (κ1) is 24.7. The molecule has 1 aromatic heterocycles. The molecule has 1 fully saturated rings. The summed E-state index contributed by atoms with van der Waals surface area (Å²) in [7, 11) is 0. The zero-order chi connectivity index (χ0) is 23.6. The molecular formula is C26H34N2O5. The Hall–Kier alpha value is -2.93. The Labute approximate surface area is 195 Å². The molecule has 1 aromatic carbocycles. The van der Waals surface area contributed by atoms with Gasteiger partial charge < -0.3 is 14.6 Å². The molecule has 0 bridgehead atoms. The van der Waals surface area contributed by atoms with Crippen molar-refractivity contribution in [2.24, 2.45) is 5.92 Å². The van der Waals surface area contributed by atoms with Crippen LogP contribution >= 0.6 is 0 Å². The number of carbonyl (C=O) groups is 2. The van der Waals surface area contributed by atoms with E-state index < -0.39 is 5.97 Å². The van der Waals surface area contributed by atoms with Crippen LogP contribution in [0.15, 0.2) is 36.5 Å². The van der Waals surface area contributed by atoms with Gasteiger partial charge in [0.1, 0.15) is 5.75 Å². The maximum atomic E-state index is 11.7. The van der Waals surface area contributed by atoms with Crippen molar-refractivity contribution in [2.75, 3.05) is 32.8 Å². The number of esters is 1. The van der Waals surface area contributed by atoms with Crippen LogP contribution in [0, 0.1) is 12.8 Å². The number of rotatable bonds is 11. The van der Waals surface area contributed by atoms with Crippen molar-refractivity contribution in [3.05, 3.63) is 47.8 Å². The molecule has 0 unspecified atom stereocenters. The fraction of sp³-hybridized carbons (Fsp3) is 0.500. The van der Waals surface area contributed by atoms with E-state index in [0.29, 0.717) is 31.2 Å². The number of hydrogen-bond acceptors (Lipinski definition) is 6. The van der Waals surface area contributed by atoms with E-state index in [4.69, 9.17) is 9.47 Å². The third-order valence-electron chi connectivity index (χ3n) is 6.11. The first-order chi connectivity index (χ1) is 16.0. The summed E-state index contributed by atoms with van der Waals surface area (Å²) in [5.74, 6) is 0.204. The van der Waals surface area contributed by atoms with Crippen molar-refractivity contribution in [3.8, 4) is 16.9 Å². The summed E-state index contributed by atoms with van der Waals surface area (Å²) in [6, 6.07) is 9.23. The Morgan fingerprint density at radius 2 is 2.00 bits per heavy atom. The summed E-state index contributed by atoms with van der Waals surface area (Å²) < 4.78 is 11.1. The molecule has 0 aliphatic carbocycles. The van der Waals surface area contributed by atoms with E-state index in [2.05, 4.69) is 9.88 Å². The number of carboxylic acids is 1. The highest BCUT2D eigenvalue weighted by atomic mass is 16.5. The molecule has 3 rings (SSSR count). The summed E-state index contributed by atoms with van der Waals surface area (Å²) in [5, 5.41) is 9.46. The first-order valence-corrected chi connectivity index (χ1v) is 11.8. The number of aromatic nitrogens is 1. The minimum atomic E-state index is -1.04. The molecule has 7 nitrogen and oxygen atoms in total. The number of hydrogen-bond donors (Lipinski definition) is 1. The van der Waals surface area contributed by atoms with E-state index >= 15 is 0 Å². The molecule has 1 N–H and O–H groups in total. The van der Waals surface area contributed by atoms with Crippen molar-refractivity contribution < 1.29 is 24.2 Å². The minimum absolute atomic E-state index is 0.0437. The van der Waals surface area contributed by atoms with Gasteiger partial charge in [0.15, 0.2) is 5.69 Å². The summed E-state index contributed by atoms with van der Waals surface area (Å²) in [6.45, 7) is 7.15. The van der Waals surface area contributed by atoms with Gasteiger partial charge in [0.25, 0.3) is 0 Å². The van der Waals surface area contributed by atoms with Gasteiger partial charge in [-0.15, -0.1) is 0 Å². The molecule has 2 aromatic rings. The van der Waals surface area contributed by atoms with Crippen LogP contribution in [0.4, 0.5) is 0 Å². The summed E-state index contributed by atoms with van der Waals surface area (Å²) >= 11 is 0. The van der Waals surface area contributed by atoms with Gasteiger partial charge in [-0.25, -0.2) is 9.78 Å². The van der Waals surface area contributed by atoms with Gasteiger partial charge in [0.05, 0.1) is 19.8 Å².